The number of hydrogen-bond acceptors (Lipinski definition) is 7. The van der Waals surface area contributed by atoms with Gasteiger partial charge in [0.1, 0.15) is 24.2 Å². The van der Waals surface area contributed by atoms with Gasteiger partial charge in [-0.25, -0.2) is 10.4 Å². The van der Waals surface area contributed by atoms with Crippen molar-refractivity contribution >= 4 is 52.3 Å². The third-order valence-corrected chi connectivity index (χ3v) is 8.79. The zero-order chi connectivity index (χ0) is 31.8. The van der Waals surface area contributed by atoms with E-state index in [9.17, 15) is 19.2 Å². The molecule has 1 fully saturated rings. The number of cyclic esters (lactones) is 1. The van der Waals surface area contributed by atoms with Crippen molar-refractivity contribution in [2.75, 3.05) is 6.54 Å². The van der Waals surface area contributed by atoms with Crippen LogP contribution in [0.3, 0.4) is 0 Å². The molecule has 1 saturated heterocycles. The lowest BCUT2D eigenvalue weighted by Crippen LogP contribution is -2.61. The summed E-state index contributed by atoms with van der Waals surface area (Å²) in [4.78, 5) is 58.2. The molecule has 2 aliphatic heterocycles. The van der Waals surface area contributed by atoms with Gasteiger partial charge in [-0.2, -0.15) is 0 Å². The minimum absolute atomic E-state index is 0.238. The van der Waals surface area contributed by atoms with E-state index in [1.807, 2.05) is 45.9 Å². The van der Waals surface area contributed by atoms with Crippen molar-refractivity contribution in [2.24, 2.45) is 11.3 Å². The Kier molecular flexibility index (Phi) is 9.51. The van der Waals surface area contributed by atoms with Crippen LogP contribution in [-0.2, 0) is 23.9 Å². The van der Waals surface area contributed by atoms with Crippen LogP contribution in [-0.4, -0.2) is 58.4 Å². The van der Waals surface area contributed by atoms with Crippen molar-refractivity contribution in [3.63, 3.8) is 0 Å². The normalized spacial score (nSPS) is 26.2. The largest absolute Gasteiger partial charge is 0.455 e. The fraction of sp³-hybridized carbons (Fsp3) is 0.531. The van der Waals surface area contributed by atoms with Gasteiger partial charge in [0.25, 0.3) is 5.91 Å². The highest BCUT2D eigenvalue weighted by Crippen LogP contribution is 2.35. The quantitative estimate of drug-likeness (QED) is 0.410. The third kappa shape index (κ3) is 6.70. The van der Waals surface area contributed by atoms with E-state index in [0.717, 1.165) is 16.5 Å². The van der Waals surface area contributed by atoms with Crippen LogP contribution in [0.2, 0.25) is 5.02 Å². The Labute approximate surface area is 257 Å². The lowest BCUT2D eigenvalue weighted by Gasteiger charge is -2.35. The van der Waals surface area contributed by atoms with Crippen LogP contribution >= 0.6 is 11.6 Å². The Hall–Kier alpha value is -3.50. The number of ether oxygens (including phenoxy) is 1. The first kappa shape index (κ1) is 32.4. The Balaban J connectivity index is 1.80. The van der Waals surface area contributed by atoms with Gasteiger partial charge in [-0.05, 0) is 77.0 Å². The van der Waals surface area contributed by atoms with Gasteiger partial charge in [-0.15, -0.1) is 0 Å². The van der Waals surface area contributed by atoms with E-state index in [1.165, 1.54) is 5.01 Å². The third-order valence-electron chi connectivity index (χ3n) is 8.30. The first-order valence-corrected chi connectivity index (χ1v) is 15.2. The minimum atomic E-state index is -0.964. The van der Waals surface area contributed by atoms with Gasteiger partial charge < -0.3 is 15.4 Å². The van der Waals surface area contributed by atoms with E-state index in [-0.39, 0.29) is 11.8 Å². The number of aryl methyl sites for hydroxylation is 1. The number of carbonyl (C=O) groups excluding carboxylic acids is 4. The highest BCUT2D eigenvalue weighted by Gasteiger charge is 2.35. The summed E-state index contributed by atoms with van der Waals surface area (Å²) in [6.07, 6.45) is 4.00. The maximum Gasteiger partial charge on any atom is 0.325 e. The molecule has 1 unspecified atom stereocenters. The number of carbonyl (C=O) groups is 4. The maximum atomic E-state index is 13.4. The smallest absolute Gasteiger partial charge is 0.325 e. The molecular formula is C32H42ClN5O5. The molecule has 0 spiro atoms. The number of nitrogens with one attached hydrogen (secondary N) is 3. The van der Waals surface area contributed by atoms with Crippen molar-refractivity contribution in [1.29, 1.82) is 0 Å². The van der Waals surface area contributed by atoms with Crippen molar-refractivity contribution in [1.82, 2.24) is 26.1 Å². The lowest BCUT2D eigenvalue weighted by molar-refractivity contribution is -0.157. The van der Waals surface area contributed by atoms with Crippen LogP contribution in [0.1, 0.15) is 82.9 Å². The molecule has 4 rings (SSSR count). The Morgan fingerprint density at radius 3 is 2.44 bits per heavy atom. The number of hydrazine groups is 1. The predicted octanol–water partition coefficient (Wildman–Crippen LogP) is 4.30. The molecule has 0 saturated carbocycles. The van der Waals surface area contributed by atoms with Crippen LogP contribution in [0.5, 0.6) is 0 Å². The molecule has 11 heteroatoms. The summed E-state index contributed by atoms with van der Waals surface area (Å²) in [5.74, 6) is -1.94. The molecule has 232 valence electrons. The van der Waals surface area contributed by atoms with E-state index in [2.05, 4.69) is 16.1 Å². The minimum Gasteiger partial charge on any atom is -0.455 e. The fourth-order valence-corrected chi connectivity index (χ4v) is 5.64. The molecule has 2 aliphatic rings. The Morgan fingerprint density at radius 2 is 1.77 bits per heavy atom. The second-order valence-electron chi connectivity index (χ2n) is 12.5. The highest BCUT2D eigenvalue weighted by molar-refractivity contribution is 6.36. The predicted molar refractivity (Wildman–Crippen MR) is 166 cm³/mol. The van der Waals surface area contributed by atoms with Crippen LogP contribution in [0.15, 0.2) is 18.2 Å². The van der Waals surface area contributed by atoms with Gasteiger partial charge in [0.05, 0.1) is 21.6 Å². The molecule has 1 aromatic carbocycles. The van der Waals surface area contributed by atoms with Gasteiger partial charge in [0.15, 0.2) is 0 Å². The molecule has 1 aromatic heterocycles. The number of amides is 3. The van der Waals surface area contributed by atoms with E-state index in [0.29, 0.717) is 41.2 Å². The van der Waals surface area contributed by atoms with Crippen molar-refractivity contribution in [3.8, 4) is 0 Å². The monoisotopic (exact) mass is 611 g/mol. The Morgan fingerprint density at radius 1 is 1.07 bits per heavy atom. The van der Waals surface area contributed by atoms with E-state index >= 15 is 0 Å². The number of esters is 1. The summed E-state index contributed by atoms with van der Waals surface area (Å²) in [7, 11) is 0. The second-order valence-corrected chi connectivity index (χ2v) is 12.9. The lowest BCUT2D eigenvalue weighted by atomic mass is 9.89. The second kappa shape index (κ2) is 12.6. The van der Waals surface area contributed by atoms with Gasteiger partial charge >= 0.3 is 5.97 Å². The summed E-state index contributed by atoms with van der Waals surface area (Å²) in [6, 6.07) is 1.31. The number of nitrogens with zero attached hydrogens (tertiary/aromatic N) is 2. The highest BCUT2D eigenvalue weighted by atomic mass is 35.5. The molecule has 3 heterocycles. The zero-order valence-corrected chi connectivity index (χ0v) is 26.9. The zero-order valence-electron chi connectivity index (χ0n) is 26.1. The summed E-state index contributed by atoms with van der Waals surface area (Å²) in [5, 5.41) is 8.28. The van der Waals surface area contributed by atoms with E-state index in [4.69, 9.17) is 21.3 Å². The molecule has 10 nitrogen and oxygen atoms in total. The fourth-order valence-electron chi connectivity index (χ4n) is 5.39. The van der Waals surface area contributed by atoms with Crippen LogP contribution < -0.4 is 16.1 Å². The van der Waals surface area contributed by atoms with Crippen molar-refractivity contribution in [2.45, 2.75) is 92.5 Å². The van der Waals surface area contributed by atoms with Crippen LogP contribution in [0.4, 0.5) is 0 Å². The van der Waals surface area contributed by atoms with Gasteiger partial charge in [-0.1, -0.05) is 49.7 Å². The summed E-state index contributed by atoms with van der Waals surface area (Å²) < 4.78 is 5.86. The number of hydrogen-bond donors (Lipinski definition) is 3. The molecule has 4 atom stereocenters. The van der Waals surface area contributed by atoms with Crippen molar-refractivity contribution < 1.29 is 23.9 Å². The van der Waals surface area contributed by atoms with Crippen LogP contribution in [0.25, 0.3) is 17.0 Å². The van der Waals surface area contributed by atoms with Gasteiger partial charge in [0, 0.05) is 11.9 Å². The molecular weight excluding hydrogens is 570 g/mol. The number of benzene rings is 1. The molecule has 3 amide bonds. The SMILES string of the molecule is Cc1c2nc3c(C)c(ccc3c1Cl)/C=C/C(C)(C)C(=O)NC(C(C)C)C(=O)N[C@@H](C)C(=O)N1CCC[C@H](N1)C(=O)O[C@@H]2C. The average molecular weight is 612 g/mol. The maximum absolute atomic E-state index is 13.4. The van der Waals surface area contributed by atoms with Crippen LogP contribution in [0, 0.1) is 25.2 Å². The van der Waals surface area contributed by atoms with E-state index in [1.54, 1.807) is 33.8 Å². The number of aromatic nitrogens is 1. The van der Waals surface area contributed by atoms with Crippen molar-refractivity contribution in [3.05, 3.63) is 45.6 Å². The standard InChI is InChI=1S/C32H42ClN5O5/c1-16(2)25-28(39)34-19(5)29(40)38-15-9-10-23(37-38)30(41)43-20(6)26-18(4)24(33)22-12-11-21(17(3)27(22)35-26)13-14-32(7,8)31(42)36-25/h11-14,16,19-20,23,25,37H,9-10,15H2,1-8H3,(H,34,39)(H,36,42)/b14-13+/t19-,20+,23-,25?/m0/s1. The Bertz CT molecular complexity index is 1490. The molecule has 2 aromatic rings. The van der Waals surface area contributed by atoms with Gasteiger partial charge in [-0.3, -0.25) is 24.2 Å². The first-order chi connectivity index (χ1) is 20.1. The molecule has 3 N–H and O–H groups in total. The average Bonchev–Trinajstić information content (AvgIpc) is 2.95. The number of halogens is 1. The summed E-state index contributed by atoms with van der Waals surface area (Å²) in [5.41, 5.74) is 5.64. The van der Waals surface area contributed by atoms with E-state index < -0.39 is 47.4 Å². The molecule has 0 aliphatic carbocycles. The first-order valence-electron chi connectivity index (χ1n) is 14.8. The molecule has 43 heavy (non-hydrogen) atoms. The number of fused-ring (bicyclic) bond motifs is 4. The molecule has 0 radical (unpaired) electrons. The summed E-state index contributed by atoms with van der Waals surface area (Å²) >= 11 is 6.81. The van der Waals surface area contributed by atoms with Gasteiger partial charge in [0.2, 0.25) is 11.8 Å². The topological polar surface area (TPSA) is 130 Å². The molecule has 5 bridgehead atoms. The number of pyridine rings is 1. The number of rotatable bonds is 1. The summed E-state index contributed by atoms with van der Waals surface area (Å²) in [6.45, 7) is 14.7.